The van der Waals surface area contributed by atoms with E-state index in [4.69, 9.17) is 0 Å². The van der Waals surface area contributed by atoms with Gasteiger partial charge in [0.15, 0.2) is 0 Å². The van der Waals surface area contributed by atoms with E-state index in [9.17, 15) is 0 Å². The Hall–Kier alpha value is 0.177. The van der Waals surface area contributed by atoms with Gasteiger partial charge in [-0.1, -0.05) is 33.2 Å². The summed E-state index contributed by atoms with van der Waals surface area (Å²) in [6, 6.07) is 1.50. The van der Waals surface area contributed by atoms with Crippen LogP contribution in [-0.4, -0.2) is 34.1 Å². The van der Waals surface area contributed by atoms with E-state index >= 15 is 0 Å². The number of hydrogen-bond donors (Lipinski definition) is 0. The first-order chi connectivity index (χ1) is 5.20. The van der Waals surface area contributed by atoms with Crippen LogP contribution >= 0.6 is 0 Å². The maximum absolute atomic E-state index is 2.52. The van der Waals surface area contributed by atoms with Crippen molar-refractivity contribution in [2.75, 3.05) is 19.6 Å². The molecule has 0 unspecified atom stereocenters. The van der Waals surface area contributed by atoms with E-state index < -0.39 is 0 Å². The van der Waals surface area contributed by atoms with Crippen LogP contribution in [0.2, 0.25) is 11.6 Å². The van der Waals surface area contributed by atoms with Crippen molar-refractivity contribution in [1.82, 2.24) is 4.90 Å². The van der Waals surface area contributed by atoms with E-state index in [1.165, 1.54) is 25.7 Å². The molecule has 0 saturated heterocycles. The summed E-state index contributed by atoms with van der Waals surface area (Å²) in [5.74, 6) is 0. The number of hydrogen-bond acceptors (Lipinski definition) is 1. The van der Waals surface area contributed by atoms with Crippen LogP contribution in [0.3, 0.4) is 0 Å². The van der Waals surface area contributed by atoms with Gasteiger partial charge < -0.3 is 4.90 Å². The minimum Gasteiger partial charge on any atom is -0.304 e. The molecule has 0 aliphatic carbocycles. The molecule has 0 aromatic heterocycles. The molecular weight excluding hydrogens is 150 g/mol. The van der Waals surface area contributed by atoms with Crippen LogP contribution in [0.25, 0.3) is 0 Å². The second kappa shape index (κ2) is 6.86. The van der Waals surface area contributed by atoms with Crippen LogP contribution in [0, 0.1) is 0 Å². The molecule has 0 amide bonds. The highest BCUT2D eigenvalue weighted by atomic mass is 28.2. The van der Waals surface area contributed by atoms with Gasteiger partial charge >= 0.3 is 0 Å². The molecule has 2 heteroatoms. The normalized spacial score (nSPS) is 12.5. The van der Waals surface area contributed by atoms with E-state index in [1.807, 2.05) is 0 Å². The Balaban J connectivity index is 3.21. The van der Waals surface area contributed by atoms with Gasteiger partial charge in [0.1, 0.15) is 0 Å². The third kappa shape index (κ3) is 6.57. The SMILES string of the molecule is CCN(CC)CC[SiH2]C(C)C. The molecular formula is C9H23NSi. The molecule has 0 aromatic rings. The maximum Gasteiger partial charge on any atom is 0.0239 e. The van der Waals surface area contributed by atoms with E-state index in [-0.39, 0.29) is 9.52 Å². The first kappa shape index (κ1) is 11.2. The summed E-state index contributed by atoms with van der Waals surface area (Å²) in [7, 11) is 0.243. The first-order valence-electron chi connectivity index (χ1n) is 4.93. The Morgan fingerprint density at radius 3 is 2.09 bits per heavy atom. The van der Waals surface area contributed by atoms with Crippen molar-refractivity contribution in [1.29, 1.82) is 0 Å². The summed E-state index contributed by atoms with van der Waals surface area (Å²) in [4.78, 5) is 2.52. The van der Waals surface area contributed by atoms with Crippen LogP contribution in [0.5, 0.6) is 0 Å². The third-order valence-corrected chi connectivity index (χ3v) is 4.03. The van der Waals surface area contributed by atoms with Crippen molar-refractivity contribution in [3.8, 4) is 0 Å². The van der Waals surface area contributed by atoms with Gasteiger partial charge in [-0.3, -0.25) is 0 Å². The summed E-state index contributed by atoms with van der Waals surface area (Å²) >= 11 is 0. The second-order valence-electron chi connectivity index (χ2n) is 3.56. The molecule has 0 atom stereocenters. The Morgan fingerprint density at radius 1 is 1.18 bits per heavy atom. The molecule has 11 heavy (non-hydrogen) atoms. The second-order valence-corrected chi connectivity index (χ2v) is 6.48. The highest BCUT2D eigenvalue weighted by Gasteiger charge is 1.99. The number of nitrogens with zero attached hydrogens (tertiary/aromatic N) is 1. The zero-order chi connectivity index (χ0) is 8.69. The Bertz CT molecular complexity index is 79.6. The van der Waals surface area contributed by atoms with E-state index in [1.54, 1.807) is 0 Å². The molecule has 0 radical (unpaired) electrons. The van der Waals surface area contributed by atoms with Crippen LogP contribution in [0.15, 0.2) is 0 Å². The predicted molar refractivity (Wildman–Crippen MR) is 56.2 cm³/mol. The van der Waals surface area contributed by atoms with Gasteiger partial charge in [0.05, 0.1) is 0 Å². The lowest BCUT2D eigenvalue weighted by atomic mass is 10.5. The fraction of sp³-hybridized carbons (Fsp3) is 1.00. The average molecular weight is 173 g/mol. The van der Waals surface area contributed by atoms with Crippen LogP contribution < -0.4 is 0 Å². The quantitative estimate of drug-likeness (QED) is 0.553. The van der Waals surface area contributed by atoms with Crippen molar-refractivity contribution in [3.63, 3.8) is 0 Å². The van der Waals surface area contributed by atoms with E-state index in [0.717, 1.165) is 5.54 Å². The molecule has 0 saturated carbocycles. The first-order valence-corrected chi connectivity index (χ1v) is 6.74. The third-order valence-electron chi connectivity index (χ3n) is 2.15. The molecule has 68 valence electrons. The highest BCUT2D eigenvalue weighted by molar-refractivity contribution is 6.37. The molecule has 0 aliphatic rings. The fourth-order valence-corrected chi connectivity index (χ4v) is 2.71. The van der Waals surface area contributed by atoms with Gasteiger partial charge in [-0.25, -0.2) is 0 Å². The standard InChI is InChI=1S/C9H23NSi/c1-5-10(6-2)7-8-11-9(3)4/h9H,5-8,11H2,1-4H3. The molecule has 0 spiro atoms. The average Bonchev–Trinajstić information content (AvgIpc) is 1.98. The van der Waals surface area contributed by atoms with Crippen molar-refractivity contribution >= 4 is 9.52 Å². The zero-order valence-electron chi connectivity index (χ0n) is 8.56. The summed E-state index contributed by atoms with van der Waals surface area (Å²) in [6.45, 7) is 13.0. The Kier molecular flexibility index (Phi) is 6.97. The predicted octanol–water partition coefficient (Wildman–Crippen LogP) is 1.74. The highest BCUT2D eigenvalue weighted by Crippen LogP contribution is 2.01. The molecule has 0 fully saturated rings. The summed E-state index contributed by atoms with van der Waals surface area (Å²) in [6.07, 6.45) is 0. The lowest BCUT2D eigenvalue weighted by molar-refractivity contribution is 0.320. The lowest BCUT2D eigenvalue weighted by Crippen LogP contribution is -2.24. The van der Waals surface area contributed by atoms with Crippen molar-refractivity contribution < 1.29 is 0 Å². The lowest BCUT2D eigenvalue weighted by Gasteiger charge is -2.17. The molecule has 0 aliphatic heterocycles. The van der Waals surface area contributed by atoms with Crippen molar-refractivity contribution in [2.45, 2.75) is 39.3 Å². The number of rotatable bonds is 6. The summed E-state index contributed by atoms with van der Waals surface area (Å²) in [5.41, 5.74) is 1.01. The van der Waals surface area contributed by atoms with Gasteiger partial charge in [-0.05, 0) is 25.7 Å². The Morgan fingerprint density at radius 2 is 1.73 bits per heavy atom. The van der Waals surface area contributed by atoms with Crippen molar-refractivity contribution in [3.05, 3.63) is 0 Å². The van der Waals surface area contributed by atoms with Gasteiger partial charge in [-0.2, -0.15) is 0 Å². The van der Waals surface area contributed by atoms with Gasteiger partial charge in [0, 0.05) is 9.52 Å². The van der Waals surface area contributed by atoms with Crippen LogP contribution in [0.4, 0.5) is 0 Å². The molecule has 0 N–H and O–H groups in total. The molecule has 0 bridgehead atoms. The molecule has 0 rings (SSSR count). The van der Waals surface area contributed by atoms with Crippen molar-refractivity contribution in [2.24, 2.45) is 0 Å². The van der Waals surface area contributed by atoms with Gasteiger partial charge in [0.25, 0.3) is 0 Å². The minimum absolute atomic E-state index is 0.243. The monoisotopic (exact) mass is 173 g/mol. The van der Waals surface area contributed by atoms with E-state index in [0.29, 0.717) is 0 Å². The smallest absolute Gasteiger partial charge is 0.0239 e. The maximum atomic E-state index is 2.52. The van der Waals surface area contributed by atoms with Crippen LogP contribution in [-0.2, 0) is 0 Å². The zero-order valence-corrected chi connectivity index (χ0v) is 9.97. The van der Waals surface area contributed by atoms with Crippen LogP contribution in [0.1, 0.15) is 27.7 Å². The minimum atomic E-state index is 0.243. The topological polar surface area (TPSA) is 3.24 Å². The van der Waals surface area contributed by atoms with Gasteiger partial charge in [0.2, 0.25) is 0 Å². The molecule has 0 heterocycles. The summed E-state index contributed by atoms with van der Waals surface area (Å²) in [5, 5.41) is 0. The summed E-state index contributed by atoms with van der Waals surface area (Å²) < 4.78 is 0. The fourth-order valence-electron chi connectivity index (χ4n) is 1.26. The van der Waals surface area contributed by atoms with E-state index in [2.05, 4.69) is 32.6 Å². The largest absolute Gasteiger partial charge is 0.304 e. The molecule has 0 aromatic carbocycles. The van der Waals surface area contributed by atoms with Gasteiger partial charge in [-0.15, -0.1) is 0 Å². The molecule has 1 nitrogen and oxygen atoms in total. The Labute approximate surface area is 74.0 Å².